The molecule has 0 unspecified atom stereocenters. The molecule has 0 atom stereocenters. The van der Waals surface area contributed by atoms with Crippen LogP contribution in [0.4, 0.5) is 28.4 Å². The van der Waals surface area contributed by atoms with Crippen LogP contribution >= 0.6 is 22.7 Å². The van der Waals surface area contributed by atoms with Crippen molar-refractivity contribution in [3.05, 3.63) is 174 Å². The van der Waals surface area contributed by atoms with Crippen LogP contribution in [0.3, 0.4) is 0 Å². The summed E-state index contributed by atoms with van der Waals surface area (Å²) in [4.78, 5) is 5.39. The molecule has 0 fully saturated rings. The Morgan fingerprint density at radius 2 is 1.26 bits per heavy atom. The molecule has 5 heterocycles. The fourth-order valence-corrected chi connectivity index (χ4v) is 14.8. The lowest BCUT2D eigenvalue weighted by molar-refractivity contribution is 0.332. The van der Waals surface area contributed by atoms with Gasteiger partial charge in [-0.05, 0) is 129 Å². The highest BCUT2D eigenvalue weighted by Crippen LogP contribution is 2.56. The molecule has 336 valence electrons. The van der Waals surface area contributed by atoms with Crippen molar-refractivity contribution in [1.29, 1.82) is 0 Å². The molecule has 8 aromatic carbocycles. The summed E-state index contributed by atoms with van der Waals surface area (Å²) in [7, 11) is 0. The summed E-state index contributed by atoms with van der Waals surface area (Å²) in [6.07, 6.45) is 2.33. The van der Waals surface area contributed by atoms with E-state index in [9.17, 15) is 0 Å². The molecule has 0 saturated carbocycles. The number of nitrogens with zero attached hydrogens (tertiary/aromatic N) is 2. The standard InChI is InChI=1S/C63H53BN2OS2/c1-36-30-47-48(63(7,8)29-28-62(47,5)6)34-49(36)65-51-33-45-41-18-12-14-20-52(41)67-59(45)56-46-32-44-42-19-13-15-21-53(42)68-55(44)35-50(46)66(40-25-23-39(24-26-40)61(2,3)4)64(57(51)56)60-58(65)43-27-22-38(31-54(43)69-60)37-16-10-9-11-17-37/h9-27,30-35H,28-29H2,1-8H3. The molecule has 0 radical (unpaired) electrons. The van der Waals surface area contributed by atoms with E-state index in [4.69, 9.17) is 4.42 Å². The number of fused-ring (bicyclic) bond motifs is 14. The number of aryl methyl sites for hydroxylation is 1. The molecule has 0 bridgehead atoms. The molecule has 11 aromatic rings. The Labute approximate surface area is 412 Å². The van der Waals surface area contributed by atoms with E-state index < -0.39 is 0 Å². The van der Waals surface area contributed by atoms with Crippen LogP contribution in [-0.4, -0.2) is 6.85 Å². The Morgan fingerprint density at radius 1 is 0.565 bits per heavy atom. The molecule has 3 nitrogen and oxygen atoms in total. The van der Waals surface area contributed by atoms with Gasteiger partial charge in [0.1, 0.15) is 11.2 Å². The van der Waals surface area contributed by atoms with E-state index in [1.165, 1.54) is 120 Å². The molecule has 0 spiro atoms. The van der Waals surface area contributed by atoms with Crippen molar-refractivity contribution in [1.82, 2.24) is 0 Å². The van der Waals surface area contributed by atoms with Gasteiger partial charge in [-0.15, -0.1) is 22.7 Å². The predicted octanol–water partition coefficient (Wildman–Crippen LogP) is 17.5. The smallest absolute Gasteiger partial charge is 0.343 e. The molecule has 14 rings (SSSR count). The fraction of sp³-hybridized carbons (Fsp3) is 0.206. The maximum Gasteiger partial charge on any atom is 0.343 e. The van der Waals surface area contributed by atoms with Crippen molar-refractivity contribution in [2.45, 2.75) is 84.5 Å². The third-order valence-corrected chi connectivity index (χ3v) is 18.5. The molecule has 69 heavy (non-hydrogen) atoms. The van der Waals surface area contributed by atoms with E-state index in [0.29, 0.717) is 0 Å². The number of furan rings is 1. The van der Waals surface area contributed by atoms with Crippen LogP contribution in [0.15, 0.2) is 156 Å². The minimum Gasteiger partial charge on any atom is -0.455 e. The first-order valence-electron chi connectivity index (χ1n) is 24.6. The monoisotopic (exact) mass is 928 g/mol. The second kappa shape index (κ2) is 14.2. The van der Waals surface area contributed by atoms with Gasteiger partial charge in [-0.2, -0.15) is 0 Å². The van der Waals surface area contributed by atoms with Crippen LogP contribution in [0.5, 0.6) is 0 Å². The Balaban J connectivity index is 1.16. The molecule has 2 aliphatic heterocycles. The van der Waals surface area contributed by atoms with E-state index in [1.54, 1.807) is 0 Å². The second-order valence-electron chi connectivity index (χ2n) is 22.4. The van der Waals surface area contributed by atoms with Crippen LogP contribution in [0, 0.1) is 6.92 Å². The van der Waals surface area contributed by atoms with Crippen molar-refractivity contribution in [2.24, 2.45) is 0 Å². The van der Waals surface area contributed by atoms with Gasteiger partial charge < -0.3 is 14.1 Å². The molecule has 0 amide bonds. The Bertz CT molecular complexity index is 3980. The predicted molar refractivity (Wildman–Crippen MR) is 300 cm³/mol. The van der Waals surface area contributed by atoms with Gasteiger partial charge in [0, 0.05) is 79.7 Å². The van der Waals surface area contributed by atoms with Gasteiger partial charge in [0.05, 0.1) is 5.69 Å². The number of para-hydroxylation sites is 1. The summed E-state index contributed by atoms with van der Waals surface area (Å²) in [5.41, 5.74) is 19.9. The first-order chi connectivity index (χ1) is 33.2. The Kier molecular flexibility index (Phi) is 8.54. The SMILES string of the molecule is Cc1cc2c(cc1N1c3cc4c(oc5ccccc54)c4c3B(c3sc5cc(-c6ccccc6)ccc5c31)N(c1ccc(C(C)(C)C)cc1)c1cc3sc5ccccc5c3cc1-4)C(C)(C)CCC2(C)C. The normalized spacial score (nSPS) is 15.9. The van der Waals surface area contributed by atoms with Gasteiger partial charge in [0.25, 0.3) is 0 Å². The van der Waals surface area contributed by atoms with Crippen LogP contribution in [0.1, 0.15) is 83.6 Å². The van der Waals surface area contributed by atoms with Gasteiger partial charge in [-0.3, -0.25) is 0 Å². The van der Waals surface area contributed by atoms with E-state index in [1.807, 2.05) is 22.7 Å². The highest BCUT2D eigenvalue weighted by atomic mass is 32.1. The first-order valence-corrected chi connectivity index (χ1v) is 26.3. The molecule has 0 saturated heterocycles. The van der Waals surface area contributed by atoms with Crippen molar-refractivity contribution in [3.63, 3.8) is 0 Å². The number of thiophene rings is 2. The zero-order valence-corrected chi connectivity index (χ0v) is 42.2. The van der Waals surface area contributed by atoms with Gasteiger partial charge in [-0.25, -0.2) is 0 Å². The van der Waals surface area contributed by atoms with Crippen molar-refractivity contribution in [2.75, 3.05) is 9.71 Å². The minimum atomic E-state index is -0.149. The maximum absolute atomic E-state index is 7.22. The molecule has 3 aromatic heterocycles. The third kappa shape index (κ3) is 5.91. The van der Waals surface area contributed by atoms with Gasteiger partial charge in [-0.1, -0.05) is 146 Å². The number of hydrogen-bond acceptors (Lipinski definition) is 5. The van der Waals surface area contributed by atoms with Gasteiger partial charge >= 0.3 is 6.85 Å². The topological polar surface area (TPSA) is 19.6 Å². The van der Waals surface area contributed by atoms with Crippen LogP contribution in [-0.2, 0) is 16.2 Å². The molecular weight excluding hydrogens is 876 g/mol. The number of benzene rings is 8. The average Bonchev–Trinajstić information content (AvgIpc) is 4.03. The summed E-state index contributed by atoms with van der Waals surface area (Å²) >= 11 is 3.86. The van der Waals surface area contributed by atoms with E-state index in [2.05, 4.69) is 217 Å². The Morgan fingerprint density at radius 3 is 2.03 bits per heavy atom. The van der Waals surface area contributed by atoms with Crippen molar-refractivity contribution < 1.29 is 4.42 Å². The lowest BCUT2D eigenvalue weighted by atomic mass is 9.46. The van der Waals surface area contributed by atoms with Crippen LogP contribution in [0.25, 0.3) is 74.5 Å². The van der Waals surface area contributed by atoms with Crippen molar-refractivity contribution in [3.8, 4) is 22.3 Å². The Hall–Kier alpha value is -6.60. The zero-order valence-electron chi connectivity index (χ0n) is 40.5. The number of rotatable bonds is 3. The van der Waals surface area contributed by atoms with Crippen LogP contribution < -0.4 is 20.0 Å². The molecule has 3 aliphatic rings. The largest absolute Gasteiger partial charge is 0.455 e. The summed E-state index contributed by atoms with van der Waals surface area (Å²) in [6.45, 7) is 19.0. The van der Waals surface area contributed by atoms with Gasteiger partial charge in [0.2, 0.25) is 0 Å². The third-order valence-electron chi connectivity index (χ3n) is 16.2. The van der Waals surface area contributed by atoms with E-state index in [0.717, 1.165) is 28.4 Å². The number of anilines is 5. The van der Waals surface area contributed by atoms with Crippen LogP contribution in [0.2, 0.25) is 0 Å². The summed E-state index contributed by atoms with van der Waals surface area (Å²) in [6, 6.07) is 57.8. The summed E-state index contributed by atoms with van der Waals surface area (Å²) in [5.74, 6) is 0. The van der Waals surface area contributed by atoms with E-state index >= 15 is 0 Å². The highest BCUT2D eigenvalue weighted by molar-refractivity contribution is 7.32. The minimum absolute atomic E-state index is 0.0191. The lowest BCUT2D eigenvalue weighted by Gasteiger charge is -2.46. The number of hydrogen-bond donors (Lipinski definition) is 0. The quantitative estimate of drug-likeness (QED) is 0.165. The molecule has 6 heteroatoms. The lowest BCUT2D eigenvalue weighted by Crippen LogP contribution is -2.60. The highest BCUT2D eigenvalue weighted by Gasteiger charge is 2.49. The molecule has 0 N–H and O–H groups in total. The average molecular weight is 929 g/mol. The molecule has 1 aliphatic carbocycles. The van der Waals surface area contributed by atoms with Gasteiger partial charge in [0.15, 0.2) is 0 Å². The summed E-state index contributed by atoms with van der Waals surface area (Å²) < 4.78 is 12.5. The summed E-state index contributed by atoms with van der Waals surface area (Å²) in [5, 5.41) is 6.16. The van der Waals surface area contributed by atoms with E-state index in [-0.39, 0.29) is 23.1 Å². The maximum atomic E-state index is 7.22. The zero-order chi connectivity index (χ0) is 46.9. The molecular formula is C63H53BN2OS2. The second-order valence-corrected chi connectivity index (χ2v) is 24.5. The fourth-order valence-electron chi connectivity index (χ4n) is 12.3. The van der Waals surface area contributed by atoms with Crippen molar-refractivity contribution >= 4 is 120 Å². The first kappa shape index (κ1) is 41.4.